The Balaban J connectivity index is 1.34. The molecule has 6 heteroatoms. The lowest BCUT2D eigenvalue weighted by atomic mass is 10.0. The van der Waals surface area contributed by atoms with E-state index in [-0.39, 0.29) is 0 Å². The minimum Gasteiger partial charge on any atom is -0.489 e. The fourth-order valence-corrected chi connectivity index (χ4v) is 4.55. The number of rotatable bonds is 7. The van der Waals surface area contributed by atoms with Gasteiger partial charge in [-0.1, -0.05) is 59.6 Å². The molecule has 0 aliphatic carbocycles. The predicted molar refractivity (Wildman–Crippen MR) is 142 cm³/mol. The highest BCUT2D eigenvalue weighted by Crippen LogP contribution is 2.31. The minimum atomic E-state index is 0.413. The molecule has 4 aromatic rings. The number of anilines is 2. The van der Waals surface area contributed by atoms with Crippen LogP contribution in [0.5, 0.6) is 5.75 Å². The Morgan fingerprint density at radius 2 is 1.65 bits per heavy atom. The van der Waals surface area contributed by atoms with Gasteiger partial charge in [-0.05, 0) is 58.8 Å². The maximum atomic E-state index is 6.25. The molecule has 5 rings (SSSR count). The zero-order valence-corrected chi connectivity index (χ0v) is 20.3. The summed E-state index contributed by atoms with van der Waals surface area (Å²) in [5.41, 5.74) is 4.39. The van der Waals surface area contributed by atoms with Crippen LogP contribution in [0.4, 0.5) is 11.4 Å². The topological polar surface area (TPSA) is 33.7 Å². The lowest BCUT2D eigenvalue weighted by Crippen LogP contribution is -2.36. The second kappa shape index (κ2) is 10.6. The molecule has 0 spiro atoms. The Bertz CT molecular complexity index is 1270. The summed E-state index contributed by atoms with van der Waals surface area (Å²) < 4.78 is 11.7. The summed E-state index contributed by atoms with van der Waals surface area (Å²) in [7, 11) is 0. The first-order valence-corrected chi connectivity index (χ1v) is 12.2. The van der Waals surface area contributed by atoms with Crippen LogP contribution in [-0.2, 0) is 17.9 Å². The molecule has 0 radical (unpaired) electrons. The van der Waals surface area contributed by atoms with Crippen LogP contribution in [0.15, 0.2) is 78.9 Å². The molecule has 1 aliphatic rings. The first-order chi connectivity index (χ1) is 16.7. The molecular formula is C28H26Cl2N2O2. The Morgan fingerprint density at radius 1 is 0.853 bits per heavy atom. The summed E-state index contributed by atoms with van der Waals surface area (Å²) in [4.78, 5) is 2.35. The molecule has 0 unspecified atom stereocenters. The Kier molecular flexibility index (Phi) is 7.10. The second-order valence-electron chi connectivity index (χ2n) is 8.30. The average molecular weight is 493 g/mol. The Labute approximate surface area is 210 Å². The number of hydrogen-bond donors (Lipinski definition) is 1. The quantitative estimate of drug-likeness (QED) is 0.296. The van der Waals surface area contributed by atoms with Crippen LogP contribution in [0.25, 0.3) is 10.8 Å². The second-order valence-corrected chi connectivity index (χ2v) is 9.11. The van der Waals surface area contributed by atoms with Gasteiger partial charge in [0.25, 0.3) is 0 Å². The Morgan fingerprint density at radius 3 is 2.44 bits per heavy atom. The summed E-state index contributed by atoms with van der Waals surface area (Å²) in [6.45, 7) is 4.49. The van der Waals surface area contributed by atoms with Gasteiger partial charge in [-0.3, -0.25) is 0 Å². The molecule has 4 aromatic carbocycles. The summed E-state index contributed by atoms with van der Waals surface area (Å²) in [5, 5.41) is 7.01. The van der Waals surface area contributed by atoms with E-state index in [0.717, 1.165) is 48.9 Å². The van der Waals surface area contributed by atoms with Crippen LogP contribution in [0, 0.1) is 0 Å². The molecule has 0 atom stereocenters. The highest BCUT2D eigenvalue weighted by molar-refractivity contribution is 6.42. The van der Waals surface area contributed by atoms with Crippen molar-refractivity contribution in [3.63, 3.8) is 0 Å². The van der Waals surface area contributed by atoms with Crippen molar-refractivity contribution in [1.82, 2.24) is 0 Å². The van der Waals surface area contributed by atoms with E-state index in [1.165, 1.54) is 16.5 Å². The van der Waals surface area contributed by atoms with Gasteiger partial charge >= 0.3 is 0 Å². The fourth-order valence-electron chi connectivity index (χ4n) is 4.23. The van der Waals surface area contributed by atoms with E-state index in [9.17, 15) is 0 Å². The van der Waals surface area contributed by atoms with Crippen LogP contribution < -0.4 is 15.0 Å². The third-order valence-electron chi connectivity index (χ3n) is 6.09. The number of ether oxygens (including phenoxy) is 2. The molecule has 1 fully saturated rings. The normalized spacial score (nSPS) is 13.8. The largest absolute Gasteiger partial charge is 0.489 e. The number of benzene rings is 4. The van der Waals surface area contributed by atoms with E-state index in [0.29, 0.717) is 23.2 Å². The first-order valence-electron chi connectivity index (χ1n) is 11.4. The summed E-state index contributed by atoms with van der Waals surface area (Å²) >= 11 is 12.2. The average Bonchev–Trinajstić information content (AvgIpc) is 2.89. The molecular weight excluding hydrogens is 467 g/mol. The van der Waals surface area contributed by atoms with Crippen LogP contribution in [0.3, 0.4) is 0 Å². The van der Waals surface area contributed by atoms with Gasteiger partial charge in [-0.25, -0.2) is 0 Å². The summed E-state index contributed by atoms with van der Waals surface area (Å²) in [6.07, 6.45) is 0. The van der Waals surface area contributed by atoms with Crippen molar-refractivity contribution in [2.75, 3.05) is 36.5 Å². The first kappa shape index (κ1) is 22.9. The van der Waals surface area contributed by atoms with Gasteiger partial charge < -0.3 is 19.7 Å². The van der Waals surface area contributed by atoms with Crippen molar-refractivity contribution in [3.05, 3.63) is 100 Å². The number of nitrogens with one attached hydrogen (secondary N) is 1. The van der Waals surface area contributed by atoms with Gasteiger partial charge in [0.2, 0.25) is 0 Å². The molecule has 0 aromatic heterocycles. The maximum Gasteiger partial charge on any atom is 0.125 e. The summed E-state index contributed by atoms with van der Waals surface area (Å²) in [5.74, 6) is 0.849. The van der Waals surface area contributed by atoms with Crippen molar-refractivity contribution < 1.29 is 9.47 Å². The number of fused-ring (bicyclic) bond motifs is 1. The van der Waals surface area contributed by atoms with Gasteiger partial charge in [0.05, 0.1) is 23.3 Å². The summed E-state index contributed by atoms with van der Waals surface area (Å²) in [6, 6.07) is 26.7. The van der Waals surface area contributed by atoms with Crippen molar-refractivity contribution in [1.29, 1.82) is 0 Å². The van der Waals surface area contributed by atoms with Gasteiger partial charge in [0.15, 0.2) is 0 Å². The zero-order chi connectivity index (χ0) is 23.3. The van der Waals surface area contributed by atoms with Crippen LogP contribution >= 0.6 is 23.2 Å². The highest BCUT2D eigenvalue weighted by Gasteiger charge is 2.12. The number of morpholine rings is 1. The van der Waals surface area contributed by atoms with E-state index in [1.807, 2.05) is 18.2 Å². The van der Waals surface area contributed by atoms with Gasteiger partial charge in [-0.2, -0.15) is 0 Å². The highest BCUT2D eigenvalue weighted by atomic mass is 35.5. The van der Waals surface area contributed by atoms with Gasteiger partial charge in [-0.15, -0.1) is 0 Å². The number of nitrogens with zero attached hydrogens (tertiary/aromatic N) is 1. The molecule has 0 bridgehead atoms. The monoisotopic (exact) mass is 492 g/mol. The zero-order valence-electron chi connectivity index (χ0n) is 18.8. The molecule has 174 valence electrons. The molecule has 1 N–H and O–H groups in total. The van der Waals surface area contributed by atoms with E-state index in [4.69, 9.17) is 32.7 Å². The SMILES string of the molecule is Clc1ccc(COc2ccc3ccccc3c2CNc2ccc(N3CCOCC3)cc2)cc1Cl. The molecule has 4 nitrogen and oxygen atoms in total. The van der Waals surface area contributed by atoms with Crippen LogP contribution in [0.1, 0.15) is 11.1 Å². The van der Waals surface area contributed by atoms with E-state index in [1.54, 1.807) is 6.07 Å². The lowest BCUT2D eigenvalue weighted by Gasteiger charge is -2.29. The van der Waals surface area contributed by atoms with Crippen molar-refractivity contribution in [2.24, 2.45) is 0 Å². The number of halogens is 2. The third-order valence-corrected chi connectivity index (χ3v) is 6.83. The maximum absolute atomic E-state index is 6.25. The molecule has 1 saturated heterocycles. The van der Waals surface area contributed by atoms with Gasteiger partial charge in [0.1, 0.15) is 12.4 Å². The predicted octanol–water partition coefficient (Wildman–Crippen LogP) is 7.17. The van der Waals surface area contributed by atoms with E-state index < -0.39 is 0 Å². The van der Waals surface area contributed by atoms with Crippen LogP contribution in [-0.4, -0.2) is 26.3 Å². The fraction of sp³-hybridized carbons (Fsp3) is 0.214. The molecule has 0 saturated carbocycles. The van der Waals surface area contributed by atoms with Gasteiger partial charge in [0, 0.05) is 36.6 Å². The molecule has 0 amide bonds. The smallest absolute Gasteiger partial charge is 0.125 e. The van der Waals surface area contributed by atoms with Crippen molar-refractivity contribution in [3.8, 4) is 5.75 Å². The Hall–Kier alpha value is -2.92. The lowest BCUT2D eigenvalue weighted by molar-refractivity contribution is 0.122. The molecule has 1 heterocycles. The minimum absolute atomic E-state index is 0.413. The van der Waals surface area contributed by atoms with Crippen molar-refractivity contribution >= 4 is 45.3 Å². The molecule has 34 heavy (non-hydrogen) atoms. The van der Waals surface area contributed by atoms with Crippen molar-refractivity contribution in [2.45, 2.75) is 13.2 Å². The standard InChI is InChI=1S/C28H26Cl2N2O2/c29-26-11-5-20(17-27(26)30)19-34-28-12-6-21-3-1-2-4-24(21)25(28)18-31-22-7-9-23(10-8-22)32-13-15-33-16-14-32/h1-12,17,31H,13-16,18-19H2. The van der Waals surface area contributed by atoms with Crippen LogP contribution in [0.2, 0.25) is 10.0 Å². The molecule has 1 aliphatic heterocycles. The third kappa shape index (κ3) is 5.25. The number of hydrogen-bond acceptors (Lipinski definition) is 4. The van der Waals surface area contributed by atoms with E-state index in [2.05, 4.69) is 64.8 Å². The van der Waals surface area contributed by atoms with E-state index >= 15 is 0 Å².